The van der Waals surface area contributed by atoms with E-state index in [0.717, 1.165) is 44.6 Å². The largest absolute Gasteiger partial charge is 0.355 e. The summed E-state index contributed by atoms with van der Waals surface area (Å²) in [6.07, 6.45) is 3.33. The topological polar surface area (TPSA) is 58.4 Å². The van der Waals surface area contributed by atoms with Gasteiger partial charge in [-0.1, -0.05) is 28.9 Å². The van der Waals surface area contributed by atoms with Crippen molar-refractivity contribution in [2.75, 3.05) is 26.2 Å². The first kappa shape index (κ1) is 15.7. The van der Waals surface area contributed by atoms with Crippen LogP contribution in [-0.2, 0) is 0 Å². The van der Waals surface area contributed by atoms with Crippen LogP contribution in [0.3, 0.4) is 0 Å². The number of amides is 1. The second kappa shape index (κ2) is 6.22. The van der Waals surface area contributed by atoms with E-state index in [1.807, 2.05) is 23.1 Å². The van der Waals surface area contributed by atoms with Gasteiger partial charge in [0.25, 0.3) is 5.91 Å². The lowest BCUT2D eigenvalue weighted by Crippen LogP contribution is -2.44. The molecular formula is C18H20ClN3O2. The average molecular weight is 346 g/mol. The predicted octanol–water partition coefficient (Wildman–Crippen LogP) is 3.21. The van der Waals surface area contributed by atoms with Crippen LogP contribution in [0.25, 0.3) is 11.3 Å². The van der Waals surface area contributed by atoms with Gasteiger partial charge in [0, 0.05) is 31.3 Å². The Kier molecular flexibility index (Phi) is 4.06. The molecule has 0 aliphatic carbocycles. The van der Waals surface area contributed by atoms with Crippen molar-refractivity contribution in [3.63, 3.8) is 0 Å². The van der Waals surface area contributed by atoms with E-state index in [1.165, 1.54) is 6.42 Å². The third kappa shape index (κ3) is 2.82. The number of nitrogens with zero attached hydrogens (tertiary/aromatic N) is 2. The minimum Gasteiger partial charge on any atom is -0.355 e. The second-order valence-corrected chi connectivity index (χ2v) is 7.18. The number of carbonyl (C=O) groups is 1. The van der Waals surface area contributed by atoms with Crippen molar-refractivity contribution in [3.05, 3.63) is 41.0 Å². The molecule has 1 N–H and O–H groups in total. The van der Waals surface area contributed by atoms with Gasteiger partial charge in [-0.25, -0.2) is 0 Å². The van der Waals surface area contributed by atoms with Crippen LogP contribution in [-0.4, -0.2) is 42.1 Å². The highest BCUT2D eigenvalue weighted by atomic mass is 35.5. The Balaban J connectivity index is 1.47. The number of hydrogen-bond donors (Lipinski definition) is 1. The smallest absolute Gasteiger partial charge is 0.276 e. The normalized spacial score (nSPS) is 19.8. The number of halogens is 1. The minimum atomic E-state index is -0.0575. The molecule has 4 rings (SSSR count). The van der Waals surface area contributed by atoms with Gasteiger partial charge in [-0.3, -0.25) is 4.79 Å². The standard InChI is InChI=1S/C18H20ClN3O2/c19-14-4-2-1-3-13(14)16-11-15(21-24-16)17(23)22-9-6-18(7-10-22)5-8-20-12-18/h1-4,11,20H,5-10,12H2. The molecule has 0 radical (unpaired) electrons. The summed E-state index contributed by atoms with van der Waals surface area (Å²) < 4.78 is 5.34. The molecular weight excluding hydrogens is 326 g/mol. The maximum atomic E-state index is 12.7. The van der Waals surface area contributed by atoms with Gasteiger partial charge in [-0.15, -0.1) is 0 Å². The molecule has 2 fully saturated rings. The third-order valence-electron chi connectivity index (χ3n) is 5.31. The number of benzene rings is 1. The van der Waals surface area contributed by atoms with Gasteiger partial charge in [-0.05, 0) is 43.4 Å². The number of rotatable bonds is 2. The Bertz CT molecular complexity index is 742. The molecule has 0 atom stereocenters. The van der Waals surface area contributed by atoms with Crippen molar-refractivity contribution in [3.8, 4) is 11.3 Å². The fourth-order valence-electron chi connectivity index (χ4n) is 3.73. The quantitative estimate of drug-likeness (QED) is 0.908. The molecule has 3 heterocycles. The fourth-order valence-corrected chi connectivity index (χ4v) is 3.96. The summed E-state index contributed by atoms with van der Waals surface area (Å²) in [5.41, 5.74) is 1.49. The maximum Gasteiger partial charge on any atom is 0.276 e. The monoisotopic (exact) mass is 345 g/mol. The number of likely N-dealkylation sites (tertiary alicyclic amines) is 1. The Labute approximate surface area is 146 Å². The lowest BCUT2D eigenvalue weighted by atomic mass is 9.78. The molecule has 1 spiro atoms. The van der Waals surface area contributed by atoms with Gasteiger partial charge >= 0.3 is 0 Å². The van der Waals surface area contributed by atoms with Crippen LogP contribution in [0, 0.1) is 5.41 Å². The second-order valence-electron chi connectivity index (χ2n) is 6.78. The molecule has 5 nitrogen and oxygen atoms in total. The molecule has 0 bridgehead atoms. The summed E-state index contributed by atoms with van der Waals surface area (Å²) in [5, 5.41) is 7.99. The summed E-state index contributed by atoms with van der Waals surface area (Å²) in [4.78, 5) is 14.6. The van der Waals surface area contributed by atoms with E-state index < -0.39 is 0 Å². The molecule has 2 aliphatic rings. The highest BCUT2D eigenvalue weighted by Gasteiger charge is 2.38. The highest BCUT2D eigenvalue weighted by molar-refractivity contribution is 6.33. The zero-order chi connectivity index (χ0) is 16.6. The van der Waals surface area contributed by atoms with Crippen molar-refractivity contribution in [2.24, 2.45) is 5.41 Å². The Morgan fingerprint density at radius 2 is 2.04 bits per heavy atom. The number of aromatic nitrogens is 1. The fraction of sp³-hybridized carbons (Fsp3) is 0.444. The molecule has 1 aromatic heterocycles. The van der Waals surface area contributed by atoms with Gasteiger partial charge < -0.3 is 14.7 Å². The van der Waals surface area contributed by atoms with Crippen LogP contribution in [0.1, 0.15) is 29.8 Å². The van der Waals surface area contributed by atoms with Crippen LogP contribution in [0.2, 0.25) is 5.02 Å². The molecule has 1 aromatic carbocycles. The average Bonchev–Trinajstić information content (AvgIpc) is 3.26. The van der Waals surface area contributed by atoms with Crippen LogP contribution < -0.4 is 5.32 Å². The van der Waals surface area contributed by atoms with Crippen molar-refractivity contribution in [1.29, 1.82) is 0 Å². The Morgan fingerprint density at radius 3 is 2.75 bits per heavy atom. The van der Waals surface area contributed by atoms with Gasteiger partial charge in [-0.2, -0.15) is 0 Å². The third-order valence-corrected chi connectivity index (χ3v) is 5.64. The summed E-state index contributed by atoms with van der Waals surface area (Å²) in [6, 6.07) is 9.07. The van der Waals surface area contributed by atoms with E-state index in [0.29, 0.717) is 21.9 Å². The Morgan fingerprint density at radius 1 is 1.25 bits per heavy atom. The lowest BCUT2D eigenvalue weighted by Gasteiger charge is -2.38. The molecule has 6 heteroatoms. The first-order valence-electron chi connectivity index (χ1n) is 8.39. The minimum absolute atomic E-state index is 0.0575. The SMILES string of the molecule is O=C(c1cc(-c2ccccc2Cl)on1)N1CCC2(CCNC2)CC1. The van der Waals surface area contributed by atoms with Gasteiger partial charge in [0.1, 0.15) is 0 Å². The highest BCUT2D eigenvalue weighted by Crippen LogP contribution is 2.37. The van der Waals surface area contributed by atoms with E-state index in [9.17, 15) is 4.79 Å². The van der Waals surface area contributed by atoms with E-state index in [1.54, 1.807) is 12.1 Å². The first-order chi connectivity index (χ1) is 11.7. The molecule has 0 unspecified atom stereocenters. The van der Waals surface area contributed by atoms with Gasteiger partial charge in [0.15, 0.2) is 11.5 Å². The summed E-state index contributed by atoms with van der Waals surface area (Å²) in [6.45, 7) is 3.75. The summed E-state index contributed by atoms with van der Waals surface area (Å²) in [5.74, 6) is 0.468. The first-order valence-corrected chi connectivity index (χ1v) is 8.76. The number of piperidine rings is 1. The van der Waals surface area contributed by atoms with Gasteiger partial charge in [0.05, 0.1) is 5.02 Å². The lowest BCUT2D eigenvalue weighted by molar-refractivity contribution is 0.0598. The van der Waals surface area contributed by atoms with Gasteiger partial charge in [0.2, 0.25) is 0 Å². The number of carbonyl (C=O) groups excluding carboxylic acids is 1. The summed E-state index contributed by atoms with van der Waals surface area (Å²) >= 11 is 6.18. The molecule has 24 heavy (non-hydrogen) atoms. The van der Waals surface area contributed by atoms with E-state index in [2.05, 4.69) is 10.5 Å². The van der Waals surface area contributed by atoms with Crippen molar-refractivity contribution < 1.29 is 9.32 Å². The zero-order valence-electron chi connectivity index (χ0n) is 13.4. The molecule has 1 amide bonds. The predicted molar refractivity (Wildman–Crippen MR) is 92.0 cm³/mol. The molecule has 126 valence electrons. The molecule has 2 aromatic rings. The molecule has 2 aliphatic heterocycles. The van der Waals surface area contributed by atoms with Crippen molar-refractivity contribution in [2.45, 2.75) is 19.3 Å². The van der Waals surface area contributed by atoms with E-state index >= 15 is 0 Å². The molecule has 0 saturated carbocycles. The van der Waals surface area contributed by atoms with Crippen LogP contribution in [0.4, 0.5) is 0 Å². The zero-order valence-corrected chi connectivity index (χ0v) is 14.2. The van der Waals surface area contributed by atoms with Crippen molar-refractivity contribution >= 4 is 17.5 Å². The molecule has 2 saturated heterocycles. The number of hydrogen-bond acceptors (Lipinski definition) is 4. The van der Waals surface area contributed by atoms with E-state index in [4.69, 9.17) is 16.1 Å². The van der Waals surface area contributed by atoms with Crippen LogP contribution >= 0.6 is 11.6 Å². The van der Waals surface area contributed by atoms with Crippen LogP contribution in [0.15, 0.2) is 34.9 Å². The van der Waals surface area contributed by atoms with E-state index in [-0.39, 0.29) is 5.91 Å². The number of nitrogens with one attached hydrogen (secondary N) is 1. The van der Waals surface area contributed by atoms with Crippen molar-refractivity contribution in [1.82, 2.24) is 15.4 Å². The maximum absolute atomic E-state index is 12.7. The van der Waals surface area contributed by atoms with Crippen LogP contribution in [0.5, 0.6) is 0 Å². The summed E-state index contributed by atoms with van der Waals surface area (Å²) in [7, 11) is 0. The Hall–Kier alpha value is -1.85.